The average Bonchev–Trinajstić information content (AvgIpc) is 2.37. The van der Waals surface area contributed by atoms with Crippen molar-refractivity contribution in [2.75, 3.05) is 0 Å². The molecule has 0 radical (unpaired) electrons. The van der Waals surface area contributed by atoms with Crippen molar-refractivity contribution < 1.29 is 0 Å². The van der Waals surface area contributed by atoms with E-state index in [1.807, 2.05) is 6.20 Å². The van der Waals surface area contributed by atoms with Crippen LogP contribution in [0.4, 0.5) is 0 Å². The molecule has 1 atom stereocenters. The van der Waals surface area contributed by atoms with Crippen LogP contribution in [0.2, 0.25) is 0 Å². The first-order valence-corrected chi connectivity index (χ1v) is 7.32. The van der Waals surface area contributed by atoms with Gasteiger partial charge in [0.15, 0.2) is 0 Å². The zero-order chi connectivity index (χ0) is 13.0. The zero-order valence-electron chi connectivity index (χ0n) is 10.0. The Balaban J connectivity index is 1.96. The van der Waals surface area contributed by atoms with Gasteiger partial charge < -0.3 is 5.32 Å². The summed E-state index contributed by atoms with van der Waals surface area (Å²) in [6.45, 7) is 2.97. The molecule has 18 heavy (non-hydrogen) atoms. The first kappa shape index (κ1) is 13.7. The second-order valence-electron chi connectivity index (χ2n) is 4.17. The minimum absolute atomic E-state index is 0.317. The first-order valence-electron chi connectivity index (χ1n) is 5.73. The number of nitrogens with zero attached hydrogens (tertiary/aromatic N) is 1. The van der Waals surface area contributed by atoms with Gasteiger partial charge in [-0.1, -0.05) is 28.1 Å². The molecule has 4 heteroatoms. The molecule has 0 amide bonds. The molecule has 1 aromatic heterocycles. The van der Waals surface area contributed by atoms with Gasteiger partial charge in [0, 0.05) is 33.9 Å². The summed E-state index contributed by atoms with van der Waals surface area (Å²) >= 11 is 6.87. The summed E-state index contributed by atoms with van der Waals surface area (Å²) in [7, 11) is 0. The number of pyridine rings is 1. The molecule has 2 aromatic rings. The van der Waals surface area contributed by atoms with Crippen molar-refractivity contribution in [1.29, 1.82) is 0 Å². The van der Waals surface area contributed by atoms with Gasteiger partial charge in [0.25, 0.3) is 0 Å². The van der Waals surface area contributed by atoms with Gasteiger partial charge in [-0.3, -0.25) is 4.98 Å². The molecule has 0 aliphatic heterocycles. The molecule has 0 saturated carbocycles. The normalized spacial score (nSPS) is 12.4. The zero-order valence-corrected chi connectivity index (χ0v) is 13.2. The van der Waals surface area contributed by atoms with Crippen LogP contribution in [0.1, 0.15) is 24.1 Å². The van der Waals surface area contributed by atoms with Crippen molar-refractivity contribution in [2.45, 2.75) is 19.5 Å². The maximum Gasteiger partial charge on any atom is 0.0410 e. The van der Waals surface area contributed by atoms with Crippen molar-refractivity contribution in [3.05, 3.63) is 62.8 Å². The number of nitrogens with one attached hydrogen (secondary N) is 1. The highest BCUT2D eigenvalue weighted by atomic mass is 79.9. The molecule has 0 bridgehead atoms. The van der Waals surface area contributed by atoms with E-state index in [0.717, 1.165) is 15.5 Å². The summed E-state index contributed by atoms with van der Waals surface area (Å²) < 4.78 is 2.12. The topological polar surface area (TPSA) is 24.9 Å². The Bertz CT molecular complexity index is 511. The second kappa shape index (κ2) is 6.45. The highest BCUT2D eigenvalue weighted by molar-refractivity contribution is 9.10. The fourth-order valence-electron chi connectivity index (χ4n) is 1.69. The molecular formula is C14H14Br2N2. The van der Waals surface area contributed by atoms with E-state index in [0.29, 0.717) is 6.04 Å². The van der Waals surface area contributed by atoms with Crippen LogP contribution >= 0.6 is 31.9 Å². The van der Waals surface area contributed by atoms with Gasteiger partial charge in [-0.25, -0.2) is 0 Å². The van der Waals surface area contributed by atoms with Crippen LogP contribution in [0.15, 0.2) is 51.7 Å². The summed E-state index contributed by atoms with van der Waals surface area (Å²) in [6, 6.07) is 10.8. The molecule has 94 valence electrons. The molecule has 0 aliphatic carbocycles. The third-order valence-electron chi connectivity index (χ3n) is 2.74. The van der Waals surface area contributed by atoms with Crippen LogP contribution in [0, 0.1) is 0 Å². The lowest BCUT2D eigenvalue weighted by molar-refractivity contribution is 0.573. The number of hydrogen-bond donors (Lipinski definition) is 1. The van der Waals surface area contributed by atoms with Crippen LogP contribution in [-0.2, 0) is 6.54 Å². The minimum Gasteiger partial charge on any atom is -0.306 e. The van der Waals surface area contributed by atoms with Crippen LogP contribution in [-0.4, -0.2) is 4.98 Å². The summed E-state index contributed by atoms with van der Waals surface area (Å²) in [5.74, 6) is 0. The number of aromatic nitrogens is 1. The van der Waals surface area contributed by atoms with E-state index in [4.69, 9.17) is 0 Å². The fraction of sp³-hybridized carbons (Fsp3) is 0.214. The molecule has 1 unspecified atom stereocenters. The summed E-state index contributed by atoms with van der Waals surface area (Å²) in [5.41, 5.74) is 2.45. The van der Waals surface area contributed by atoms with Crippen molar-refractivity contribution in [1.82, 2.24) is 10.3 Å². The van der Waals surface area contributed by atoms with Gasteiger partial charge in [0.1, 0.15) is 0 Å². The predicted molar refractivity (Wildman–Crippen MR) is 81.3 cm³/mol. The lowest BCUT2D eigenvalue weighted by Crippen LogP contribution is -2.18. The largest absolute Gasteiger partial charge is 0.306 e. The standard InChI is InChI=1S/C14H14Br2N2/c1-10(12-2-4-13(15)5-3-12)18-8-11-6-14(16)9-17-7-11/h2-7,9-10,18H,8H2,1H3. The van der Waals surface area contributed by atoms with Gasteiger partial charge in [-0.15, -0.1) is 0 Å². The van der Waals surface area contributed by atoms with Crippen molar-refractivity contribution in [3.8, 4) is 0 Å². The molecular weight excluding hydrogens is 356 g/mol. The Labute approximate surface area is 124 Å². The maximum absolute atomic E-state index is 4.15. The lowest BCUT2D eigenvalue weighted by Gasteiger charge is -2.14. The average molecular weight is 370 g/mol. The Morgan fingerprint density at radius 1 is 1.11 bits per heavy atom. The van der Waals surface area contributed by atoms with Gasteiger partial charge in [-0.2, -0.15) is 0 Å². The number of hydrogen-bond acceptors (Lipinski definition) is 2. The van der Waals surface area contributed by atoms with E-state index in [2.05, 4.69) is 79.4 Å². The lowest BCUT2D eigenvalue weighted by atomic mass is 10.1. The first-order chi connectivity index (χ1) is 8.65. The van der Waals surface area contributed by atoms with Gasteiger partial charge in [0.05, 0.1) is 0 Å². The Kier molecular flexibility index (Phi) is 4.92. The number of benzene rings is 1. The smallest absolute Gasteiger partial charge is 0.0410 e. The second-order valence-corrected chi connectivity index (χ2v) is 6.00. The fourth-order valence-corrected chi connectivity index (χ4v) is 2.37. The van der Waals surface area contributed by atoms with Gasteiger partial charge >= 0.3 is 0 Å². The highest BCUT2D eigenvalue weighted by Crippen LogP contribution is 2.17. The molecule has 2 nitrogen and oxygen atoms in total. The Morgan fingerprint density at radius 3 is 2.50 bits per heavy atom. The van der Waals surface area contributed by atoms with E-state index in [1.165, 1.54) is 11.1 Å². The van der Waals surface area contributed by atoms with E-state index in [9.17, 15) is 0 Å². The van der Waals surface area contributed by atoms with E-state index >= 15 is 0 Å². The van der Waals surface area contributed by atoms with E-state index in [-0.39, 0.29) is 0 Å². The van der Waals surface area contributed by atoms with Gasteiger partial charge in [0.2, 0.25) is 0 Å². The van der Waals surface area contributed by atoms with E-state index in [1.54, 1.807) is 6.20 Å². The molecule has 1 heterocycles. The predicted octanol–water partition coefficient (Wildman–Crippen LogP) is 4.46. The van der Waals surface area contributed by atoms with Crippen LogP contribution in [0.3, 0.4) is 0 Å². The SMILES string of the molecule is CC(NCc1cncc(Br)c1)c1ccc(Br)cc1. The van der Waals surface area contributed by atoms with Crippen molar-refractivity contribution >= 4 is 31.9 Å². The summed E-state index contributed by atoms with van der Waals surface area (Å²) in [4.78, 5) is 4.15. The quantitative estimate of drug-likeness (QED) is 0.860. The molecule has 0 fully saturated rings. The highest BCUT2D eigenvalue weighted by Gasteiger charge is 2.04. The Hall–Kier alpha value is -0.710. The summed E-state index contributed by atoms with van der Waals surface area (Å²) in [6.07, 6.45) is 3.67. The third-order valence-corrected chi connectivity index (χ3v) is 3.71. The van der Waals surface area contributed by atoms with Crippen molar-refractivity contribution in [3.63, 3.8) is 0 Å². The molecule has 0 saturated heterocycles. The van der Waals surface area contributed by atoms with Crippen LogP contribution in [0.5, 0.6) is 0 Å². The van der Waals surface area contributed by atoms with E-state index < -0.39 is 0 Å². The minimum atomic E-state index is 0.317. The Morgan fingerprint density at radius 2 is 1.83 bits per heavy atom. The molecule has 0 aliphatic rings. The maximum atomic E-state index is 4.15. The molecule has 1 N–H and O–H groups in total. The molecule has 2 rings (SSSR count). The molecule has 0 spiro atoms. The number of rotatable bonds is 4. The van der Waals surface area contributed by atoms with Crippen molar-refractivity contribution in [2.24, 2.45) is 0 Å². The number of halogens is 2. The molecule has 1 aromatic carbocycles. The van der Waals surface area contributed by atoms with Gasteiger partial charge in [-0.05, 0) is 52.2 Å². The summed E-state index contributed by atoms with van der Waals surface area (Å²) in [5, 5.41) is 3.49. The third kappa shape index (κ3) is 3.90. The van der Waals surface area contributed by atoms with Crippen LogP contribution in [0.25, 0.3) is 0 Å². The van der Waals surface area contributed by atoms with Crippen LogP contribution < -0.4 is 5.32 Å². The monoisotopic (exact) mass is 368 g/mol.